The van der Waals surface area contributed by atoms with Gasteiger partial charge < -0.3 is 5.32 Å². The van der Waals surface area contributed by atoms with E-state index in [0.29, 0.717) is 24.8 Å². The normalized spacial score (nSPS) is 17.4. The van der Waals surface area contributed by atoms with Gasteiger partial charge in [0.15, 0.2) is 0 Å². The molecular formula is C22H25N5O3S. The van der Waals surface area contributed by atoms with Crippen molar-refractivity contribution in [3.8, 4) is 5.82 Å². The summed E-state index contributed by atoms with van der Waals surface area (Å²) in [4.78, 5) is 21.1. The Hall–Kier alpha value is -3.04. The standard InChI is InChI=1S/C22H25N5O3S/c1-16-6-5-11-27(13-16)31(29,30)18-9-10-21(23-12-18)26-14-20(24-15-26)22(28)25-19-8-4-3-7-17(19)2/h3-4,7-10,12,14-16H,5-6,11,13H2,1-2H3,(H,25,28)/t16-/m0/s1. The van der Waals surface area contributed by atoms with Crippen LogP contribution in [0.15, 0.2) is 60.0 Å². The molecule has 3 aromatic rings. The molecule has 0 bridgehead atoms. The van der Waals surface area contributed by atoms with Crippen molar-refractivity contribution in [1.29, 1.82) is 0 Å². The first-order valence-corrected chi connectivity index (χ1v) is 11.7. The van der Waals surface area contributed by atoms with Gasteiger partial charge >= 0.3 is 0 Å². The second-order valence-electron chi connectivity index (χ2n) is 7.90. The molecule has 9 heteroatoms. The molecule has 162 valence electrons. The lowest BCUT2D eigenvalue weighted by atomic mass is 10.0. The first-order valence-electron chi connectivity index (χ1n) is 10.2. The number of para-hydroxylation sites is 1. The molecule has 1 aliphatic rings. The Morgan fingerprint density at radius 1 is 1.16 bits per heavy atom. The lowest BCUT2D eigenvalue weighted by molar-refractivity contribution is 0.102. The third kappa shape index (κ3) is 4.52. The minimum Gasteiger partial charge on any atom is -0.320 e. The number of hydrogen-bond donors (Lipinski definition) is 1. The Balaban J connectivity index is 1.49. The van der Waals surface area contributed by atoms with E-state index in [2.05, 4.69) is 22.2 Å². The fourth-order valence-electron chi connectivity index (χ4n) is 3.66. The van der Waals surface area contributed by atoms with Gasteiger partial charge in [-0.15, -0.1) is 0 Å². The molecule has 31 heavy (non-hydrogen) atoms. The summed E-state index contributed by atoms with van der Waals surface area (Å²) < 4.78 is 28.9. The van der Waals surface area contributed by atoms with Gasteiger partial charge in [0.2, 0.25) is 10.0 Å². The number of carbonyl (C=O) groups excluding carboxylic acids is 1. The summed E-state index contributed by atoms with van der Waals surface area (Å²) in [5.41, 5.74) is 1.92. The van der Waals surface area contributed by atoms with Gasteiger partial charge in [0.05, 0.1) is 0 Å². The maximum absolute atomic E-state index is 12.9. The predicted molar refractivity (Wildman–Crippen MR) is 118 cm³/mol. The smallest absolute Gasteiger partial charge is 0.275 e. The summed E-state index contributed by atoms with van der Waals surface area (Å²) in [5.74, 6) is 0.505. The van der Waals surface area contributed by atoms with E-state index in [1.807, 2.05) is 31.2 Å². The molecule has 4 rings (SSSR count). The number of rotatable bonds is 5. The first-order chi connectivity index (χ1) is 14.8. The average molecular weight is 440 g/mol. The van der Waals surface area contributed by atoms with Gasteiger partial charge in [0.1, 0.15) is 22.7 Å². The highest BCUT2D eigenvalue weighted by molar-refractivity contribution is 7.89. The zero-order chi connectivity index (χ0) is 22.0. The largest absolute Gasteiger partial charge is 0.320 e. The average Bonchev–Trinajstić information content (AvgIpc) is 3.26. The topological polar surface area (TPSA) is 97.2 Å². The van der Waals surface area contributed by atoms with E-state index in [-0.39, 0.29) is 16.5 Å². The van der Waals surface area contributed by atoms with Crippen molar-refractivity contribution < 1.29 is 13.2 Å². The molecule has 1 saturated heterocycles. The summed E-state index contributed by atoms with van der Waals surface area (Å²) in [6.45, 7) is 5.05. The van der Waals surface area contributed by atoms with Crippen molar-refractivity contribution in [1.82, 2.24) is 18.8 Å². The number of amides is 1. The fourth-order valence-corrected chi connectivity index (χ4v) is 5.20. The van der Waals surface area contributed by atoms with Crippen LogP contribution in [0.5, 0.6) is 0 Å². The molecule has 1 atom stereocenters. The van der Waals surface area contributed by atoms with Crippen molar-refractivity contribution in [2.45, 2.75) is 31.6 Å². The third-order valence-corrected chi connectivity index (χ3v) is 7.30. The summed E-state index contributed by atoms with van der Waals surface area (Å²) >= 11 is 0. The molecule has 0 spiro atoms. The Morgan fingerprint density at radius 3 is 2.68 bits per heavy atom. The van der Waals surface area contributed by atoms with E-state index in [4.69, 9.17) is 0 Å². The quantitative estimate of drug-likeness (QED) is 0.658. The Labute approximate surface area is 182 Å². The maximum Gasteiger partial charge on any atom is 0.275 e. The zero-order valence-electron chi connectivity index (χ0n) is 17.5. The highest BCUT2D eigenvalue weighted by Crippen LogP contribution is 2.23. The summed E-state index contributed by atoms with van der Waals surface area (Å²) in [5, 5.41) is 2.84. The van der Waals surface area contributed by atoms with Crippen molar-refractivity contribution in [3.63, 3.8) is 0 Å². The molecule has 0 radical (unpaired) electrons. The van der Waals surface area contributed by atoms with Crippen molar-refractivity contribution in [2.24, 2.45) is 5.92 Å². The first kappa shape index (κ1) is 21.2. The molecule has 0 aliphatic carbocycles. The van der Waals surface area contributed by atoms with Gasteiger partial charge in [-0.3, -0.25) is 9.36 Å². The van der Waals surface area contributed by atoms with Crippen LogP contribution in [0.1, 0.15) is 35.8 Å². The Kier molecular flexibility index (Phi) is 5.88. The van der Waals surface area contributed by atoms with Crippen molar-refractivity contribution >= 4 is 21.6 Å². The molecule has 0 unspecified atom stereocenters. The minimum absolute atomic E-state index is 0.169. The molecule has 8 nitrogen and oxygen atoms in total. The van der Waals surface area contributed by atoms with Gasteiger partial charge in [-0.2, -0.15) is 4.31 Å². The summed E-state index contributed by atoms with van der Waals surface area (Å²) in [6, 6.07) is 10.7. The van der Waals surface area contributed by atoms with Crippen LogP contribution < -0.4 is 5.32 Å². The van der Waals surface area contributed by atoms with Crippen LogP contribution in [0.2, 0.25) is 0 Å². The van der Waals surface area contributed by atoms with Gasteiger partial charge in [-0.25, -0.2) is 18.4 Å². The molecular weight excluding hydrogens is 414 g/mol. The number of imidazole rings is 1. The predicted octanol–water partition coefficient (Wildman–Crippen LogP) is 3.25. The van der Waals surface area contributed by atoms with Crippen molar-refractivity contribution in [2.75, 3.05) is 18.4 Å². The van der Waals surface area contributed by atoms with Crippen LogP contribution in [0, 0.1) is 12.8 Å². The van der Waals surface area contributed by atoms with E-state index in [1.165, 1.54) is 16.8 Å². The lowest BCUT2D eigenvalue weighted by Gasteiger charge is -2.29. The second-order valence-corrected chi connectivity index (χ2v) is 9.84. The number of hydrogen-bond acceptors (Lipinski definition) is 5. The molecule has 1 amide bonds. The zero-order valence-corrected chi connectivity index (χ0v) is 18.3. The fraction of sp³-hybridized carbons (Fsp3) is 0.318. The van der Waals surface area contributed by atoms with Crippen molar-refractivity contribution in [3.05, 3.63) is 66.4 Å². The number of nitrogens with zero attached hydrogens (tertiary/aromatic N) is 4. The number of pyridine rings is 1. The van der Waals surface area contributed by atoms with Crippen LogP contribution in [0.3, 0.4) is 0 Å². The Morgan fingerprint density at radius 2 is 1.97 bits per heavy atom. The lowest BCUT2D eigenvalue weighted by Crippen LogP contribution is -2.39. The molecule has 1 aromatic carbocycles. The number of piperidine rings is 1. The second kappa shape index (κ2) is 8.60. The van der Waals surface area contributed by atoms with Crippen LogP contribution in [-0.4, -0.2) is 46.3 Å². The summed E-state index contributed by atoms with van der Waals surface area (Å²) in [7, 11) is -3.56. The minimum atomic E-state index is -3.56. The highest BCUT2D eigenvalue weighted by Gasteiger charge is 2.28. The number of nitrogens with one attached hydrogen (secondary N) is 1. The van der Waals surface area contributed by atoms with Crippen LogP contribution in [-0.2, 0) is 10.0 Å². The van der Waals surface area contributed by atoms with Gasteiger partial charge in [-0.05, 0) is 49.4 Å². The molecule has 3 heterocycles. The van der Waals surface area contributed by atoms with E-state index in [1.54, 1.807) is 22.9 Å². The SMILES string of the molecule is Cc1ccccc1NC(=O)c1cn(-c2ccc(S(=O)(=O)N3CCC[C@H](C)C3)cn2)cn1. The molecule has 1 fully saturated rings. The Bertz CT molecular complexity index is 1190. The number of aromatic nitrogens is 3. The maximum atomic E-state index is 12.9. The van der Waals surface area contributed by atoms with E-state index >= 15 is 0 Å². The monoisotopic (exact) mass is 439 g/mol. The van der Waals surface area contributed by atoms with E-state index in [0.717, 1.165) is 24.1 Å². The molecule has 2 aromatic heterocycles. The number of aryl methyl sites for hydroxylation is 1. The van der Waals surface area contributed by atoms with E-state index < -0.39 is 10.0 Å². The molecule has 1 aliphatic heterocycles. The van der Waals surface area contributed by atoms with Gasteiger partial charge in [-0.1, -0.05) is 25.1 Å². The van der Waals surface area contributed by atoms with E-state index in [9.17, 15) is 13.2 Å². The molecule has 1 N–H and O–H groups in total. The van der Waals surface area contributed by atoms with Gasteiger partial charge in [0.25, 0.3) is 5.91 Å². The number of anilines is 1. The summed E-state index contributed by atoms with van der Waals surface area (Å²) in [6.07, 6.45) is 6.32. The number of sulfonamides is 1. The van der Waals surface area contributed by atoms with Crippen LogP contribution in [0.25, 0.3) is 5.82 Å². The molecule has 0 saturated carbocycles. The highest BCUT2D eigenvalue weighted by atomic mass is 32.2. The van der Waals surface area contributed by atoms with Crippen LogP contribution >= 0.6 is 0 Å². The van der Waals surface area contributed by atoms with Crippen LogP contribution in [0.4, 0.5) is 5.69 Å². The number of carbonyl (C=O) groups is 1. The van der Waals surface area contributed by atoms with Gasteiger partial charge in [0, 0.05) is 31.2 Å². The third-order valence-electron chi connectivity index (χ3n) is 5.45. The number of benzene rings is 1.